The molecule has 1 heterocycles. The Morgan fingerprint density at radius 2 is 2.00 bits per heavy atom. The molecule has 0 radical (unpaired) electrons. The van der Waals surface area contributed by atoms with Crippen LogP contribution in [0.25, 0.3) is 0 Å². The van der Waals surface area contributed by atoms with Gasteiger partial charge < -0.3 is 4.90 Å². The Morgan fingerprint density at radius 1 is 1.24 bits per heavy atom. The van der Waals surface area contributed by atoms with Gasteiger partial charge in [-0.1, -0.05) is 30.3 Å². The van der Waals surface area contributed by atoms with Crippen LogP contribution in [-0.4, -0.2) is 23.3 Å². The predicted molar refractivity (Wildman–Crippen MR) is 72.5 cm³/mol. The van der Waals surface area contributed by atoms with Crippen molar-refractivity contribution >= 4 is 5.84 Å². The fourth-order valence-electron chi connectivity index (χ4n) is 2.52. The highest BCUT2D eigenvalue weighted by Crippen LogP contribution is 2.17. The van der Waals surface area contributed by atoms with E-state index in [0.717, 1.165) is 31.6 Å². The first-order valence-electron chi connectivity index (χ1n) is 6.65. The zero-order valence-corrected chi connectivity index (χ0v) is 10.7. The lowest BCUT2D eigenvalue weighted by molar-refractivity contribution is 0.282. The van der Waals surface area contributed by atoms with Gasteiger partial charge in [-0.25, -0.2) is 0 Å². The maximum atomic E-state index is 7.99. The van der Waals surface area contributed by atoms with Crippen LogP contribution in [0.15, 0.2) is 30.3 Å². The zero-order valence-electron chi connectivity index (χ0n) is 10.7. The number of likely N-dealkylation sites (tertiary alicyclic amines) is 1. The van der Waals surface area contributed by atoms with Crippen molar-refractivity contribution in [2.45, 2.75) is 45.1 Å². The summed E-state index contributed by atoms with van der Waals surface area (Å²) < 4.78 is 0. The summed E-state index contributed by atoms with van der Waals surface area (Å²) >= 11 is 0. The number of aryl methyl sites for hydroxylation is 1. The second kappa shape index (κ2) is 5.85. The average molecular weight is 230 g/mol. The van der Waals surface area contributed by atoms with Gasteiger partial charge in [0, 0.05) is 19.0 Å². The molecule has 92 valence electrons. The Labute approximate surface area is 104 Å². The molecule has 17 heavy (non-hydrogen) atoms. The molecule has 2 heteroatoms. The molecule has 0 spiro atoms. The van der Waals surface area contributed by atoms with Crippen LogP contribution in [0, 0.1) is 5.41 Å². The Balaban J connectivity index is 1.84. The second-order valence-corrected chi connectivity index (χ2v) is 4.97. The molecule has 1 saturated heterocycles. The number of hydrogen-bond acceptors (Lipinski definition) is 1. The van der Waals surface area contributed by atoms with Gasteiger partial charge in [0.25, 0.3) is 0 Å². The van der Waals surface area contributed by atoms with Crippen molar-refractivity contribution in [1.29, 1.82) is 5.41 Å². The van der Waals surface area contributed by atoms with Crippen molar-refractivity contribution in [2.75, 3.05) is 6.54 Å². The van der Waals surface area contributed by atoms with Crippen LogP contribution in [-0.2, 0) is 6.42 Å². The van der Waals surface area contributed by atoms with Crippen LogP contribution in [0.3, 0.4) is 0 Å². The van der Waals surface area contributed by atoms with Gasteiger partial charge in [-0.15, -0.1) is 0 Å². The molecule has 0 saturated carbocycles. The first-order valence-corrected chi connectivity index (χ1v) is 6.65. The van der Waals surface area contributed by atoms with Gasteiger partial charge in [0.2, 0.25) is 0 Å². The minimum atomic E-state index is 0.503. The lowest BCUT2D eigenvalue weighted by atomic mass is 10.0. The van der Waals surface area contributed by atoms with Gasteiger partial charge in [0.15, 0.2) is 0 Å². The molecular formula is C15H22N2. The van der Waals surface area contributed by atoms with E-state index >= 15 is 0 Å². The molecule has 0 aromatic heterocycles. The van der Waals surface area contributed by atoms with Crippen LogP contribution in [0.2, 0.25) is 0 Å². The number of hydrogen-bond donors (Lipinski definition) is 1. The fourth-order valence-corrected chi connectivity index (χ4v) is 2.52. The molecule has 1 aliphatic heterocycles. The third kappa shape index (κ3) is 3.32. The number of nitrogens with one attached hydrogen (secondary N) is 1. The maximum absolute atomic E-state index is 7.99. The first kappa shape index (κ1) is 12.2. The van der Waals surface area contributed by atoms with Crippen molar-refractivity contribution in [3.8, 4) is 0 Å². The van der Waals surface area contributed by atoms with Crippen molar-refractivity contribution in [1.82, 2.24) is 4.90 Å². The SMILES string of the molecule is CC(CCc1ccccc1)N1CCCCC1=N. The highest BCUT2D eigenvalue weighted by molar-refractivity contribution is 5.80. The van der Waals surface area contributed by atoms with E-state index in [4.69, 9.17) is 5.41 Å². The number of nitrogens with zero attached hydrogens (tertiary/aromatic N) is 1. The predicted octanol–water partition coefficient (Wildman–Crippen LogP) is 3.47. The van der Waals surface area contributed by atoms with E-state index in [1.807, 2.05) is 0 Å². The third-order valence-corrected chi connectivity index (χ3v) is 3.63. The lowest BCUT2D eigenvalue weighted by Gasteiger charge is -2.35. The average Bonchev–Trinajstić information content (AvgIpc) is 2.38. The van der Waals surface area contributed by atoms with E-state index < -0.39 is 0 Å². The van der Waals surface area contributed by atoms with E-state index in [-0.39, 0.29) is 0 Å². The van der Waals surface area contributed by atoms with E-state index in [1.165, 1.54) is 18.4 Å². The fraction of sp³-hybridized carbons (Fsp3) is 0.533. The minimum Gasteiger partial charge on any atom is -0.358 e. The summed E-state index contributed by atoms with van der Waals surface area (Å²) in [5.41, 5.74) is 1.41. The summed E-state index contributed by atoms with van der Waals surface area (Å²) in [7, 11) is 0. The Bertz CT molecular complexity index is 358. The molecule has 1 aliphatic rings. The molecular weight excluding hydrogens is 208 g/mol. The zero-order chi connectivity index (χ0) is 12.1. The number of benzene rings is 1. The molecule has 1 unspecified atom stereocenters. The van der Waals surface area contributed by atoms with E-state index in [2.05, 4.69) is 42.2 Å². The van der Waals surface area contributed by atoms with Gasteiger partial charge in [-0.2, -0.15) is 0 Å². The molecule has 0 aliphatic carbocycles. The number of rotatable bonds is 4. The third-order valence-electron chi connectivity index (χ3n) is 3.63. The molecule has 1 aromatic carbocycles. The molecule has 2 nitrogen and oxygen atoms in total. The number of piperidine rings is 1. The largest absolute Gasteiger partial charge is 0.358 e. The van der Waals surface area contributed by atoms with E-state index in [9.17, 15) is 0 Å². The monoisotopic (exact) mass is 230 g/mol. The van der Waals surface area contributed by atoms with Gasteiger partial charge in [-0.05, 0) is 38.2 Å². The first-order chi connectivity index (χ1) is 8.27. The van der Waals surface area contributed by atoms with Gasteiger partial charge in [0.05, 0.1) is 5.84 Å². The quantitative estimate of drug-likeness (QED) is 0.842. The highest BCUT2D eigenvalue weighted by atomic mass is 15.2. The molecule has 0 amide bonds. The van der Waals surface area contributed by atoms with Gasteiger partial charge >= 0.3 is 0 Å². The summed E-state index contributed by atoms with van der Waals surface area (Å²) in [6.45, 7) is 3.33. The molecule has 0 bridgehead atoms. The smallest absolute Gasteiger partial charge is 0.0960 e. The Morgan fingerprint density at radius 3 is 2.71 bits per heavy atom. The van der Waals surface area contributed by atoms with Crippen molar-refractivity contribution in [3.05, 3.63) is 35.9 Å². The van der Waals surface area contributed by atoms with Gasteiger partial charge in [0.1, 0.15) is 0 Å². The summed E-state index contributed by atoms with van der Waals surface area (Å²) in [6, 6.07) is 11.1. The summed E-state index contributed by atoms with van der Waals surface area (Å²) in [5.74, 6) is 0.844. The van der Waals surface area contributed by atoms with Crippen LogP contribution in [0.1, 0.15) is 38.2 Å². The van der Waals surface area contributed by atoms with Crippen LogP contribution >= 0.6 is 0 Å². The molecule has 2 rings (SSSR count). The summed E-state index contributed by atoms with van der Waals surface area (Å²) in [4.78, 5) is 2.28. The van der Waals surface area contributed by atoms with Crippen LogP contribution in [0.5, 0.6) is 0 Å². The Kier molecular flexibility index (Phi) is 4.18. The second-order valence-electron chi connectivity index (χ2n) is 4.97. The Hall–Kier alpha value is -1.31. The minimum absolute atomic E-state index is 0.503. The molecule has 1 N–H and O–H groups in total. The molecule has 1 aromatic rings. The summed E-state index contributed by atoms with van der Waals surface area (Å²) in [6.07, 6.45) is 5.67. The normalized spacial score (nSPS) is 18.2. The van der Waals surface area contributed by atoms with E-state index in [1.54, 1.807) is 0 Å². The topological polar surface area (TPSA) is 27.1 Å². The van der Waals surface area contributed by atoms with Crippen molar-refractivity contribution in [3.63, 3.8) is 0 Å². The van der Waals surface area contributed by atoms with Crippen LogP contribution in [0.4, 0.5) is 0 Å². The highest BCUT2D eigenvalue weighted by Gasteiger charge is 2.19. The van der Waals surface area contributed by atoms with Crippen molar-refractivity contribution < 1.29 is 0 Å². The standard InChI is InChI=1S/C15H22N2/c1-13(17-12-6-5-9-15(17)16)10-11-14-7-3-2-4-8-14/h2-4,7-8,13,16H,5-6,9-12H2,1H3. The summed E-state index contributed by atoms with van der Waals surface area (Å²) in [5, 5.41) is 7.99. The molecule has 1 atom stereocenters. The molecule has 1 fully saturated rings. The lowest BCUT2D eigenvalue weighted by Crippen LogP contribution is -2.41. The maximum Gasteiger partial charge on any atom is 0.0960 e. The van der Waals surface area contributed by atoms with Crippen molar-refractivity contribution in [2.24, 2.45) is 0 Å². The van der Waals surface area contributed by atoms with E-state index in [0.29, 0.717) is 6.04 Å². The van der Waals surface area contributed by atoms with Gasteiger partial charge in [-0.3, -0.25) is 5.41 Å². The van der Waals surface area contributed by atoms with Crippen LogP contribution < -0.4 is 0 Å². The number of amidine groups is 1.